The first-order valence-corrected chi connectivity index (χ1v) is 9.04. The Balaban J connectivity index is 1.86. The summed E-state index contributed by atoms with van der Waals surface area (Å²) in [7, 11) is 4.67. The van der Waals surface area contributed by atoms with Crippen LogP contribution in [-0.2, 0) is 6.54 Å². The smallest absolute Gasteiger partial charge is 0.257 e. The maximum atomic E-state index is 12.8. The van der Waals surface area contributed by atoms with Gasteiger partial charge in [-0.2, -0.15) is 0 Å². The van der Waals surface area contributed by atoms with Crippen molar-refractivity contribution in [3.63, 3.8) is 0 Å². The average molecular weight is 388 g/mol. The van der Waals surface area contributed by atoms with E-state index in [0.717, 1.165) is 4.88 Å². The van der Waals surface area contributed by atoms with Crippen LogP contribution in [0.4, 0.5) is 0 Å². The van der Waals surface area contributed by atoms with Gasteiger partial charge in [-0.25, -0.2) is 0 Å². The van der Waals surface area contributed by atoms with Crippen LogP contribution >= 0.6 is 11.3 Å². The van der Waals surface area contributed by atoms with Gasteiger partial charge in [0.25, 0.3) is 5.91 Å². The third-order valence-corrected chi connectivity index (χ3v) is 4.95. The third kappa shape index (κ3) is 3.75. The van der Waals surface area contributed by atoms with E-state index in [1.807, 2.05) is 17.5 Å². The molecule has 0 aliphatic carbocycles. The van der Waals surface area contributed by atoms with E-state index in [0.29, 0.717) is 39.8 Å². The van der Waals surface area contributed by atoms with Gasteiger partial charge in [-0.15, -0.1) is 11.3 Å². The van der Waals surface area contributed by atoms with Crippen molar-refractivity contribution in [1.29, 1.82) is 0 Å². The molecule has 1 N–H and O–H groups in total. The summed E-state index contributed by atoms with van der Waals surface area (Å²) in [6, 6.07) is 7.26. The van der Waals surface area contributed by atoms with Crippen molar-refractivity contribution in [2.45, 2.75) is 13.5 Å². The second kappa shape index (κ2) is 8.13. The molecule has 27 heavy (non-hydrogen) atoms. The lowest BCUT2D eigenvalue weighted by Gasteiger charge is -2.15. The first-order chi connectivity index (χ1) is 13.1. The number of methoxy groups -OCH3 is 3. The van der Waals surface area contributed by atoms with E-state index < -0.39 is 0 Å². The summed E-state index contributed by atoms with van der Waals surface area (Å²) in [6.45, 7) is 1.95. The van der Waals surface area contributed by atoms with Gasteiger partial charge in [0, 0.05) is 12.1 Å². The van der Waals surface area contributed by atoms with Crippen LogP contribution in [0.2, 0.25) is 0 Å². The molecule has 7 nitrogen and oxygen atoms in total. The van der Waals surface area contributed by atoms with Gasteiger partial charge in [0.1, 0.15) is 22.8 Å². The second-order valence-corrected chi connectivity index (χ2v) is 6.59. The number of aryl methyl sites for hydroxylation is 1. The number of carbonyl (C=O) groups is 1. The minimum atomic E-state index is -0.280. The average Bonchev–Trinajstić information content (AvgIpc) is 3.34. The Labute approximate surface area is 160 Å². The first-order valence-electron chi connectivity index (χ1n) is 8.16. The fraction of sp³-hybridized carbons (Fsp3) is 0.263. The standard InChI is InChI=1S/C19H20N2O5S/c1-11-17(18(26-21-11)16-6-5-7-27-16)19(22)20-10-13-14(24-3)8-12(23-2)9-15(13)25-4/h5-9H,10H2,1-4H3,(H,20,22). The number of ether oxygens (including phenoxy) is 3. The highest BCUT2D eigenvalue weighted by Crippen LogP contribution is 2.34. The summed E-state index contributed by atoms with van der Waals surface area (Å²) < 4.78 is 21.4. The topological polar surface area (TPSA) is 82.8 Å². The lowest BCUT2D eigenvalue weighted by molar-refractivity contribution is 0.0950. The van der Waals surface area contributed by atoms with Gasteiger partial charge < -0.3 is 24.1 Å². The van der Waals surface area contributed by atoms with Gasteiger partial charge in [-0.3, -0.25) is 4.79 Å². The summed E-state index contributed by atoms with van der Waals surface area (Å²) in [6.07, 6.45) is 0. The number of thiophene rings is 1. The van der Waals surface area contributed by atoms with E-state index in [-0.39, 0.29) is 12.5 Å². The summed E-state index contributed by atoms with van der Waals surface area (Å²) in [5, 5.41) is 8.76. The molecule has 0 radical (unpaired) electrons. The Morgan fingerprint density at radius 3 is 2.44 bits per heavy atom. The van der Waals surface area contributed by atoms with Crippen molar-refractivity contribution >= 4 is 17.2 Å². The van der Waals surface area contributed by atoms with Crippen LogP contribution in [0.25, 0.3) is 10.6 Å². The number of nitrogens with one attached hydrogen (secondary N) is 1. The molecule has 8 heteroatoms. The number of hydrogen-bond acceptors (Lipinski definition) is 7. The van der Waals surface area contributed by atoms with Crippen LogP contribution in [0.5, 0.6) is 17.2 Å². The van der Waals surface area contributed by atoms with Gasteiger partial charge in [-0.1, -0.05) is 11.2 Å². The molecule has 142 valence electrons. The van der Waals surface area contributed by atoms with Crippen molar-refractivity contribution in [3.8, 4) is 27.9 Å². The van der Waals surface area contributed by atoms with E-state index in [9.17, 15) is 4.79 Å². The zero-order valence-electron chi connectivity index (χ0n) is 15.5. The van der Waals surface area contributed by atoms with Crippen LogP contribution in [0.3, 0.4) is 0 Å². The largest absolute Gasteiger partial charge is 0.496 e. The highest BCUT2D eigenvalue weighted by Gasteiger charge is 2.23. The Bertz CT molecular complexity index is 909. The molecular formula is C19H20N2O5S. The van der Waals surface area contributed by atoms with Crippen molar-refractivity contribution in [3.05, 3.63) is 46.5 Å². The second-order valence-electron chi connectivity index (χ2n) is 5.64. The molecule has 0 saturated heterocycles. The number of aromatic nitrogens is 1. The number of amides is 1. The molecule has 1 aromatic carbocycles. The summed E-state index contributed by atoms with van der Waals surface area (Å²) in [5.41, 5.74) is 1.66. The zero-order valence-corrected chi connectivity index (χ0v) is 16.3. The van der Waals surface area contributed by atoms with Gasteiger partial charge in [-0.05, 0) is 18.4 Å². The zero-order chi connectivity index (χ0) is 19.4. The Morgan fingerprint density at radius 2 is 1.89 bits per heavy atom. The van der Waals surface area contributed by atoms with Crippen LogP contribution in [0.15, 0.2) is 34.2 Å². The monoisotopic (exact) mass is 388 g/mol. The molecular weight excluding hydrogens is 368 g/mol. The lowest BCUT2D eigenvalue weighted by Crippen LogP contribution is -2.24. The molecule has 2 aromatic heterocycles. The molecule has 0 fully saturated rings. The predicted molar refractivity (Wildman–Crippen MR) is 102 cm³/mol. The minimum Gasteiger partial charge on any atom is -0.496 e. The molecule has 0 atom stereocenters. The van der Waals surface area contributed by atoms with Gasteiger partial charge >= 0.3 is 0 Å². The Kier molecular flexibility index (Phi) is 5.66. The van der Waals surface area contributed by atoms with Crippen LogP contribution < -0.4 is 19.5 Å². The molecule has 0 saturated carbocycles. The fourth-order valence-electron chi connectivity index (χ4n) is 2.72. The number of hydrogen-bond donors (Lipinski definition) is 1. The van der Waals surface area contributed by atoms with E-state index in [2.05, 4.69) is 10.5 Å². The summed E-state index contributed by atoms with van der Waals surface area (Å²) >= 11 is 1.48. The van der Waals surface area contributed by atoms with E-state index >= 15 is 0 Å². The molecule has 3 aromatic rings. The number of carbonyl (C=O) groups excluding carboxylic acids is 1. The van der Waals surface area contributed by atoms with Crippen molar-refractivity contribution in [2.24, 2.45) is 0 Å². The number of nitrogens with zero attached hydrogens (tertiary/aromatic N) is 1. The minimum absolute atomic E-state index is 0.212. The quantitative estimate of drug-likeness (QED) is 0.665. The lowest BCUT2D eigenvalue weighted by atomic mass is 10.1. The SMILES string of the molecule is COc1cc(OC)c(CNC(=O)c2c(C)noc2-c2cccs2)c(OC)c1. The van der Waals surface area contributed by atoms with Crippen molar-refractivity contribution < 1.29 is 23.5 Å². The molecule has 0 bridgehead atoms. The molecule has 0 aliphatic heterocycles. The Hall–Kier alpha value is -3.00. The molecule has 3 rings (SSSR count). The molecule has 0 aliphatic rings. The van der Waals surface area contributed by atoms with Gasteiger partial charge in [0.05, 0.1) is 44.0 Å². The van der Waals surface area contributed by atoms with Crippen LogP contribution in [-0.4, -0.2) is 32.4 Å². The van der Waals surface area contributed by atoms with Crippen molar-refractivity contribution in [1.82, 2.24) is 10.5 Å². The summed E-state index contributed by atoms with van der Waals surface area (Å²) in [5.74, 6) is 1.92. The molecule has 1 amide bonds. The van der Waals surface area contributed by atoms with E-state index in [1.165, 1.54) is 11.3 Å². The third-order valence-electron chi connectivity index (χ3n) is 4.08. The number of benzene rings is 1. The van der Waals surface area contributed by atoms with Gasteiger partial charge in [0.2, 0.25) is 0 Å². The van der Waals surface area contributed by atoms with E-state index in [4.69, 9.17) is 18.7 Å². The Morgan fingerprint density at radius 1 is 1.19 bits per heavy atom. The van der Waals surface area contributed by atoms with Crippen molar-refractivity contribution in [2.75, 3.05) is 21.3 Å². The molecule has 0 unspecified atom stereocenters. The highest BCUT2D eigenvalue weighted by atomic mass is 32.1. The molecule has 2 heterocycles. The van der Waals surface area contributed by atoms with Crippen LogP contribution in [0, 0.1) is 6.92 Å². The fourth-order valence-corrected chi connectivity index (χ4v) is 3.43. The van der Waals surface area contributed by atoms with Gasteiger partial charge in [0.15, 0.2) is 5.76 Å². The molecule has 0 spiro atoms. The first kappa shape index (κ1) is 18.8. The van der Waals surface area contributed by atoms with E-state index in [1.54, 1.807) is 40.4 Å². The normalized spacial score (nSPS) is 10.5. The summed E-state index contributed by atoms with van der Waals surface area (Å²) in [4.78, 5) is 13.7. The number of rotatable bonds is 7. The maximum Gasteiger partial charge on any atom is 0.257 e. The highest BCUT2D eigenvalue weighted by molar-refractivity contribution is 7.13. The van der Waals surface area contributed by atoms with Crippen LogP contribution in [0.1, 0.15) is 21.6 Å². The predicted octanol–water partition coefficient (Wildman–Crippen LogP) is 3.67. The maximum absolute atomic E-state index is 12.8.